The molecule has 0 aliphatic heterocycles. The smallest absolute Gasteiger partial charge is 0.286 e. The van der Waals surface area contributed by atoms with E-state index >= 15 is 0 Å². The van der Waals surface area contributed by atoms with Crippen molar-refractivity contribution in [3.05, 3.63) is 69.7 Å². The van der Waals surface area contributed by atoms with Crippen LogP contribution in [-0.2, 0) is 0 Å². The SMILES string of the molecule is CCCOc1ccc(/C=C(\Cl)c2nnc(C(=O)Nc3ccc(C)cc3)s2)cc1. The fraction of sp³-hybridized carbons (Fsp3) is 0.190. The number of carbonyl (C=O) groups excluding carboxylic acids is 1. The number of rotatable bonds is 7. The van der Waals surface area contributed by atoms with Gasteiger partial charge in [-0.3, -0.25) is 4.79 Å². The first-order valence-corrected chi connectivity index (χ1v) is 10.1. The molecule has 0 aliphatic carbocycles. The van der Waals surface area contributed by atoms with Crippen LogP contribution in [0.4, 0.5) is 5.69 Å². The van der Waals surface area contributed by atoms with Gasteiger partial charge in [0, 0.05) is 5.69 Å². The Morgan fingerprint density at radius 3 is 2.46 bits per heavy atom. The number of aryl methyl sites for hydroxylation is 1. The van der Waals surface area contributed by atoms with Gasteiger partial charge < -0.3 is 10.1 Å². The standard InChI is InChI=1S/C21H20ClN3O2S/c1-3-12-27-17-10-6-15(7-11-17)13-18(22)20-24-25-21(28-20)19(26)23-16-8-4-14(2)5-9-16/h4-11,13H,3,12H2,1-2H3,(H,23,26)/b18-13-. The highest BCUT2D eigenvalue weighted by Gasteiger charge is 2.14. The van der Waals surface area contributed by atoms with Crippen molar-refractivity contribution in [1.29, 1.82) is 0 Å². The van der Waals surface area contributed by atoms with Gasteiger partial charge in [-0.25, -0.2) is 0 Å². The van der Waals surface area contributed by atoms with E-state index in [0.717, 1.165) is 34.6 Å². The van der Waals surface area contributed by atoms with Crippen molar-refractivity contribution in [3.63, 3.8) is 0 Å². The summed E-state index contributed by atoms with van der Waals surface area (Å²) in [4.78, 5) is 12.3. The summed E-state index contributed by atoms with van der Waals surface area (Å²) in [6.07, 6.45) is 2.75. The number of aromatic nitrogens is 2. The van der Waals surface area contributed by atoms with Gasteiger partial charge in [-0.1, -0.05) is 59.7 Å². The molecule has 0 aliphatic rings. The lowest BCUT2D eigenvalue weighted by atomic mass is 10.2. The van der Waals surface area contributed by atoms with Crippen molar-refractivity contribution in [2.45, 2.75) is 20.3 Å². The molecule has 3 aromatic rings. The molecule has 0 spiro atoms. The zero-order valence-electron chi connectivity index (χ0n) is 15.6. The Balaban J connectivity index is 1.67. The molecule has 3 rings (SSSR count). The summed E-state index contributed by atoms with van der Waals surface area (Å²) in [6, 6.07) is 15.2. The lowest BCUT2D eigenvalue weighted by Crippen LogP contribution is -2.11. The van der Waals surface area contributed by atoms with E-state index in [1.54, 1.807) is 6.08 Å². The highest BCUT2D eigenvalue weighted by atomic mass is 35.5. The van der Waals surface area contributed by atoms with E-state index in [0.29, 0.717) is 22.3 Å². The van der Waals surface area contributed by atoms with Crippen LogP contribution in [0.2, 0.25) is 0 Å². The van der Waals surface area contributed by atoms with E-state index in [1.807, 2.05) is 55.5 Å². The van der Waals surface area contributed by atoms with Crippen LogP contribution in [0.25, 0.3) is 11.1 Å². The Bertz CT molecular complexity index is 966. The monoisotopic (exact) mass is 413 g/mol. The van der Waals surface area contributed by atoms with E-state index in [-0.39, 0.29) is 10.9 Å². The second-order valence-electron chi connectivity index (χ2n) is 6.14. The van der Waals surface area contributed by atoms with Crippen molar-refractivity contribution in [2.24, 2.45) is 0 Å². The van der Waals surface area contributed by atoms with Crippen molar-refractivity contribution >= 4 is 45.6 Å². The third-order valence-corrected chi connectivity index (χ3v) is 5.13. The molecule has 0 radical (unpaired) electrons. The summed E-state index contributed by atoms with van der Waals surface area (Å²) in [7, 11) is 0. The first-order chi connectivity index (χ1) is 13.5. The molecule has 0 saturated heterocycles. The van der Waals surface area contributed by atoms with Crippen LogP contribution in [0.1, 0.15) is 39.3 Å². The summed E-state index contributed by atoms with van der Waals surface area (Å²) in [5.74, 6) is 0.510. The molecule has 1 amide bonds. The largest absolute Gasteiger partial charge is 0.494 e. The summed E-state index contributed by atoms with van der Waals surface area (Å²) in [5.41, 5.74) is 2.74. The minimum Gasteiger partial charge on any atom is -0.494 e. The number of carbonyl (C=O) groups is 1. The molecule has 0 atom stereocenters. The molecule has 0 fully saturated rings. The van der Waals surface area contributed by atoms with Gasteiger partial charge in [0.15, 0.2) is 5.01 Å². The molecule has 28 heavy (non-hydrogen) atoms. The van der Waals surface area contributed by atoms with E-state index < -0.39 is 0 Å². The first kappa shape index (κ1) is 20.0. The molecule has 1 heterocycles. The lowest BCUT2D eigenvalue weighted by Gasteiger charge is -2.04. The predicted molar refractivity (Wildman–Crippen MR) is 115 cm³/mol. The van der Waals surface area contributed by atoms with E-state index in [9.17, 15) is 4.79 Å². The van der Waals surface area contributed by atoms with Gasteiger partial charge in [0.05, 0.1) is 11.6 Å². The van der Waals surface area contributed by atoms with Crippen molar-refractivity contribution < 1.29 is 9.53 Å². The number of hydrogen-bond donors (Lipinski definition) is 1. The lowest BCUT2D eigenvalue weighted by molar-refractivity contribution is 0.102. The molecule has 7 heteroatoms. The summed E-state index contributed by atoms with van der Waals surface area (Å²) in [6.45, 7) is 4.74. The normalized spacial score (nSPS) is 11.3. The maximum atomic E-state index is 12.3. The maximum Gasteiger partial charge on any atom is 0.286 e. The second kappa shape index (κ2) is 9.48. The van der Waals surface area contributed by atoms with Crippen LogP contribution in [0.15, 0.2) is 48.5 Å². The molecular formula is C21H20ClN3O2S. The minimum atomic E-state index is -0.311. The fourth-order valence-electron chi connectivity index (χ4n) is 2.32. The molecule has 0 unspecified atom stereocenters. The average Bonchev–Trinajstić information content (AvgIpc) is 3.20. The summed E-state index contributed by atoms with van der Waals surface area (Å²) in [5, 5.41) is 12.0. The van der Waals surface area contributed by atoms with Gasteiger partial charge in [-0.2, -0.15) is 0 Å². The highest BCUT2D eigenvalue weighted by molar-refractivity contribution is 7.15. The minimum absolute atomic E-state index is 0.255. The Kier molecular flexibility index (Phi) is 6.79. The molecule has 144 valence electrons. The van der Waals surface area contributed by atoms with Crippen molar-refractivity contribution in [1.82, 2.24) is 10.2 Å². The highest BCUT2D eigenvalue weighted by Crippen LogP contribution is 2.26. The number of hydrogen-bond acceptors (Lipinski definition) is 5. The predicted octanol–water partition coefficient (Wildman–Crippen LogP) is 5.62. The van der Waals surface area contributed by atoms with E-state index in [1.165, 1.54) is 0 Å². The van der Waals surface area contributed by atoms with Crippen LogP contribution in [0.5, 0.6) is 5.75 Å². The van der Waals surface area contributed by atoms with Crippen molar-refractivity contribution in [2.75, 3.05) is 11.9 Å². The molecule has 0 bridgehead atoms. The van der Waals surface area contributed by atoms with Crippen molar-refractivity contribution in [3.8, 4) is 5.75 Å². The van der Waals surface area contributed by atoms with E-state index in [4.69, 9.17) is 16.3 Å². The molecular weight excluding hydrogens is 394 g/mol. The number of nitrogens with one attached hydrogen (secondary N) is 1. The summed E-state index contributed by atoms with van der Waals surface area (Å²) < 4.78 is 5.57. The van der Waals surface area contributed by atoms with Gasteiger partial charge in [-0.15, -0.1) is 10.2 Å². The fourth-order valence-corrected chi connectivity index (χ4v) is 3.25. The number of amides is 1. The van der Waals surface area contributed by atoms with Gasteiger partial charge in [0.1, 0.15) is 5.75 Å². The topological polar surface area (TPSA) is 64.1 Å². The quantitative estimate of drug-likeness (QED) is 0.545. The van der Waals surface area contributed by atoms with Crippen LogP contribution >= 0.6 is 22.9 Å². The number of halogens is 1. The van der Waals surface area contributed by atoms with Crippen LogP contribution < -0.4 is 10.1 Å². The Morgan fingerprint density at radius 2 is 1.79 bits per heavy atom. The average molecular weight is 414 g/mol. The van der Waals surface area contributed by atoms with Gasteiger partial charge in [-0.05, 0) is 49.2 Å². The Labute approximate surface area is 173 Å². The Hall–Kier alpha value is -2.70. The van der Waals surface area contributed by atoms with Gasteiger partial charge in [0.2, 0.25) is 5.01 Å². The van der Waals surface area contributed by atoms with Gasteiger partial charge in [0.25, 0.3) is 5.91 Å². The van der Waals surface area contributed by atoms with Crippen LogP contribution in [-0.4, -0.2) is 22.7 Å². The third-order valence-electron chi connectivity index (χ3n) is 3.78. The van der Waals surface area contributed by atoms with Crippen LogP contribution in [0.3, 0.4) is 0 Å². The van der Waals surface area contributed by atoms with Gasteiger partial charge >= 0.3 is 0 Å². The molecule has 1 N–H and O–H groups in total. The number of nitrogens with zero attached hydrogens (tertiary/aromatic N) is 2. The third kappa shape index (κ3) is 5.41. The molecule has 5 nitrogen and oxygen atoms in total. The van der Waals surface area contributed by atoms with E-state index in [2.05, 4.69) is 22.4 Å². The Morgan fingerprint density at radius 1 is 1.11 bits per heavy atom. The molecule has 0 saturated carbocycles. The zero-order valence-corrected chi connectivity index (χ0v) is 17.2. The number of ether oxygens (including phenoxy) is 1. The molecule has 1 aromatic heterocycles. The van der Waals surface area contributed by atoms with Crippen LogP contribution in [0, 0.1) is 6.92 Å². The maximum absolute atomic E-state index is 12.3. The summed E-state index contributed by atoms with van der Waals surface area (Å²) >= 11 is 7.51. The number of benzene rings is 2. The molecule has 2 aromatic carbocycles. The first-order valence-electron chi connectivity index (χ1n) is 8.87. The second-order valence-corrected chi connectivity index (χ2v) is 7.53. The number of anilines is 1. The zero-order chi connectivity index (χ0) is 19.9.